The molecule has 5 heteroatoms. The Morgan fingerprint density at radius 1 is 1.50 bits per heavy atom. The Labute approximate surface area is 123 Å². The third-order valence-corrected chi connectivity index (χ3v) is 4.72. The molecule has 0 N–H and O–H groups in total. The van der Waals surface area contributed by atoms with Crippen molar-refractivity contribution in [2.75, 3.05) is 5.75 Å². The van der Waals surface area contributed by atoms with Gasteiger partial charge in [0.1, 0.15) is 10.8 Å². The van der Waals surface area contributed by atoms with Gasteiger partial charge in [-0.1, -0.05) is 22.0 Å². The van der Waals surface area contributed by atoms with Crippen LogP contribution in [-0.2, 0) is 11.2 Å². The molecule has 94 valence electrons. The van der Waals surface area contributed by atoms with Crippen molar-refractivity contribution >= 4 is 44.8 Å². The lowest BCUT2D eigenvalue weighted by Gasteiger charge is -2.01. The number of carbonyl (C=O) groups is 1. The normalized spacial score (nSPS) is 10.6. The number of ketones is 1. The number of aromatic nitrogens is 1. The Balaban J connectivity index is 1.85. The summed E-state index contributed by atoms with van der Waals surface area (Å²) in [5.41, 5.74) is 0.988. The summed E-state index contributed by atoms with van der Waals surface area (Å²) in [6.07, 6.45) is 0.444. The summed E-state index contributed by atoms with van der Waals surface area (Å²) >= 11 is 6.54. The maximum Gasteiger partial charge on any atom is 0.149 e. The second-order valence-electron chi connectivity index (χ2n) is 3.84. The number of halogens is 1. The van der Waals surface area contributed by atoms with Gasteiger partial charge in [-0.3, -0.25) is 4.79 Å². The molecule has 0 aliphatic rings. The van der Waals surface area contributed by atoms with E-state index in [0.717, 1.165) is 20.1 Å². The van der Waals surface area contributed by atoms with Gasteiger partial charge < -0.3 is 0 Å². The molecular formula is C13H12BrNOS2. The highest BCUT2D eigenvalue weighted by Crippen LogP contribution is 2.22. The van der Waals surface area contributed by atoms with Gasteiger partial charge in [-0.15, -0.1) is 23.1 Å². The highest BCUT2D eigenvalue weighted by molar-refractivity contribution is 9.10. The first kappa shape index (κ1) is 13.8. The fraction of sp³-hybridized carbons (Fsp3) is 0.231. The lowest BCUT2D eigenvalue weighted by atomic mass is 10.3. The van der Waals surface area contributed by atoms with E-state index < -0.39 is 0 Å². The lowest BCUT2D eigenvalue weighted by molar-refractivity contribution is -0.116. The Kier molecular flexibility index (Phi) is 4.97. The third kappa shape index (κ3) is 4.23. The Morgan fingerprint density at radius 2 is 2.33 bits per heavy atom. The van der Waals surface area contributed by atoms with Crippen LogP contribution in [0.4, 0.5) is 0 Å². The molecule has 0 aliphatic carbocycles. The number of carbonyl (C=O) groups excluding carboxylic acids is 1. The Morgan fingerprint density at radius 3 is 3.00 bits per heavy atom. The number of benzene rings is 1. The van der Waals surface area contributed by atoms with Crippen molar-refractivity contribution < 1.29 is 4.79 Å². The lowest BCUT2D eigenvalue weighted by Crippen LogP contribution is -2.05. The van der Waals surface area contributed by atoms with Gasteiger partial charge in [0.05, 0.1) is 12.2 Å². The number of hydrogen-bond acceptors (Lipinski definition) is 4. The van der Waals surface area contributed by atoms with Gasteiger partial charge in [0, 0.05) is 20.4 Å². The summed E-state index contributed by atoms with van der Waals surface area (Å²) in [4.78, 5) is 17.2. The number of nitrogens with zero attached hydrogens (tertiary/aromatic N) is 1. The third-order valence-electron chi connectivity index (χ3n) is 2.21. The first-order valence-electron chi connectivity index (χ1n) is 5.44. The maximum absolute atomic E-state index is 11.8. The predicted molar refractivity (Wildman–Crippen MR) is 80.4 cm³/mol. The highest BCUT2D eigenvalue weighted by Gasteiger charge is 2.07. The molecular weight excluding hydrogens is 330 g/mol. The number of Topliss-reactive ketones (excluding diaryl/α,β-unsaturated/α-hetero) is 1. The van der Waals surface area contributed by atoms with Crippen LogP contribution >= 0.6 is 39.0 Å². The second-order valence-corrected chi connectivity index (χ2v) is 6.75. The Hall–Kier alpha value is -0.650. The van der Waals surface area contributed by atoms with Crippen LogP contribution < -0.4 is 0 Å². The molecule has 0 amide bonds. The first-order chi connectivity index (χ1) is 8.63. The largest absolute Gasteiger partial charge is 0.298 e. The minimum absolute atomic E-state index is 0.217. The summed E-state index contributed by atoms with van der Waals surface area (Å²) in [7, 11) is 0. The standard InChI is InChI=1S/C13H12BrNOS2/c1-9-7-18-13(15-9)6-11(16)8-17-12-4-2-3-10(14)5-12/h2-5,7H,6,8H2,1H3. The molecule has 1 aromatic carbocycles. The van der Waals surface area contributed by atoms with Crippen LogP contribution in [0.2, 0.25) is 0 Å². The molecule has 2 nitrogen and oxygen atoms in total. The average Bonchev–Trinajstić information content (AvgIpc) is 2.72. The van der Waals surface area contributed by atoms with E-state index in [1.54, 1.807) is 23.1 Å². The van der Waals surface area contributed by atoms with E-state index in [-0.39, 0.29) is 5.78 Å². The van der Waals surface area contributed by atoms with Gasteiger partial charge in [-0.05, 0) is 25.1 Å². The van der Waals surface area contributed by atoms with E-state index in [1.807, 2.05) is 36.6 Å². The van der Waals surface area contributed by atoms with Crippen molar-refractivity contribution in [3.05, 3.63) is 44.8 Å². The molecule has 1 aromatic heterocycles. The van der Waals surface area contributed by atoms with Crippen molar-refractivity contribution in [3.8, 4) is 0 Å². The van der Waals surface area contributed by atoms with E-state index in [0.29, 0.717) is 12.2 Å². The van der Waals surface area contributed by atoms with Crippen LogP contribution in [0.25, 0.3) is 0 Å². The molecule has 0 saturated carbocycles. The quantitative estimate of drug-likeness (QED) is 0.766. The smallest absolute Gasteiger partial charge is 0.149 e. The van der Waals surface area contributed by atoms with Crippen molar-refractivity contribution in [1.82, 2.24) is 4.98 Å². The molecule has 0 atom stereocenters. The Bertz CT molecular complexity index is 553. The summed E-state index contributed by atoms with van der Waals surface area (Å²) < 4.78 is 1.04. The van der Waals surface area contributed by atoms with Gasteiger partial charge in [-0.25, -0.2) is 4.98 Å². The maximum atomic E-state index is 11.8. The molecule has 0 aliphatic heterocycles. The van der Waals surface area contributed by atoms with Crippen LogP contribution in [0.5, 0.6) is 0 Å². The van der Waals surface area contributed by atoms with Crippen LogP contribution in [-0.4, -0.2) is 16.5 Å². The van der Waals surface area contributed by atoms with Crippen LogP contribution in [0.1, 0.15) is 10.7 Å². The molecule has 18 heavy (non-hydrogen) atoms. The fourth-order valence-electron chi connectivity index (χ4n) is 1.42. The minimum Gasteiger partial charge on any atom is -0.298 e. The van der Waals surface area contributed by atoms with Crippen molar-refractivity contribution in [1.29, 1.82) is 0 Å². The fourth-order valence-corrected chi connectivity index (χ4v) is 3.59. The van der Waals surface area contributed by atoms with Gasteiger partial charge in [0.15, 0.2) is 0 Å². The molecule has 0 unspecified atom stereocenters. The zero-order valence-electron chi connectivity index (χ0n) is 9.85. The zero-order valence-corrected chi connectivity index (χ0v) is 13.1. The molecule has 0 bridgehead atoms. The number of thiazole rings is 1. The molecule has 1 heterocycles. The molecule has 0 saturated heterocycles. The first-order valence-corrected chi connectivity index (χ1v) is 8.10. The van der Waals surface area contributed by atoms with Crippen molar-refractivity contribution in [2.24, 2.45) is 0 Å². The summed E-state index contributed by atoms with van der Waals surface area (Å²) in [5, 5.41) is 2.89. The number of rotatable bonds is 5. The van der Waals surface area contributed by atoms with Crippen molar-refractivity contribution in [3.63, 3.8) is 0 Å². The van der Waals surface area contributed by atoms with E-state index in [1.165, 1.54) is 0 Å². The monoisotopic (exact) mass is 341 g/mol. The summed E-state index contributed by atoms with van der Waals surface area (Å²) in [6, 6.07) is 7.98. The number of aryl methyl sites for hydroxylation is 1. The van der Waals surface area contributed by atoms with E-state index in [4.69, 9.17) is 0 Å². The average molecular weight is 342 g/mol. The zero-order chi connectivity index (χ0) is 13.0. The summed E-state index contributed by atoms with van der Waals surface area (Å²) in [6.45, 7) is 1.95. The van der Waals surface area contributed by atoms with E-state index >= 15 is 0 Å². The second kappa shape index (κ2) is 6.50. The van der Waals surface area contributed by atoms with Gasteiger partial charge in [0.2, 0.25) is 0 Å². The minimum atomic E-state index is 0.217. The highest BCUT2D eigenvalue weighted by atomic mass is 79.9. The molecule has 0 radical (unpaired) electrons. The molecule has 2 rings (SSSR count). The van der Waals surface area contributed by atoms with E-state index in [2.05, 4.69) is 20.9 Å². The molecule has 2 aromatic rings. The van der Waals surface area contributed by atoms with Crippen LogP contribution in [0.15, 0.2) is 39.0 Å². The van der Waals surface area contributed by atoms with Crippen LogP contribution in [0, 0.1) is 6.92 Å². The van der Waals surface area contributed by atoms with Crippen molar-refractivity contribution in [2.45, 2.75) is 18.2 Å². The number of hydrogen-bond donors (Lipinski definition) is 0. The molecule has 0 spiro atoms. The van der Waals surface area contributed by atoms with Gasteiger partial charge in [0.25, 0.3) is 0 Å². The summed E-state index contributed by atoms with van der Waals surface area (Å²) in [5.74, 6) is 0.712. The van der Waals surface area contributed by atoms with Gasteiger partial charge >= 0.3 is 0 Å². The SMILES string of the molecule is Cc1csc(CC(=O)CSc2cccc(Br)c2)n1. The van der Waals surface area contributed by atoms with E-state index in [9.17, 15) is 4.79 Å². The number of thioether (sulfide) groups is 1. The molecule has 0 fully saturated rings. The predicted octanol–water partition coefficient (Wildman–Crippen LogP) is 4.12. The van der Waals surface area contributed by atoms with Crippen LogP contribution in [0.3, 0.4) is 0 Å². The topological polar surface area (TPSA) is 30.0 Å². The van der Waals surface area contributed by atoms with Gasteiger partial charge in [-0.2, -0.15) is 0 Å².